The van der Waals surface area contributed by atoms with E-state index in [2.05, 4.69) is 10.2 Å². The van der Waals surface area contributed by atoms with E-state index >= 15 is 0 Å². The molecule has 1 aliphatic heterocycles. The maximum atomic E-state index is 12.8. The Kier molecular flexibility index (Phi) is 5.57. The average Bonchev–Trinajstić information content (AvgIpc) is 2.42. The third kappa shape index (κ3) is 4.63. The van der Waals surface area contributed by atoms with Gasteiger partial charge in [0.15, 0.2) is 0 Å². The number of ether oxygens (including phenoxy) is 1. The van der Waals surface area contributed by atoms with Crippen molar-refractivity contribution in [1.29, 1.82) is 0 Å². The van der Waals surface area contributed by atoms with Crippen LogP contribution in [-0.2, 0) is 4.74 Å². The van der Waals surface area contributed by atoms with Crippen LogP contribution in [0.5, 0.6) is 0 Å². The highest BCUT2D eigenvalue weighted by Gasteiger charge is 2.43. The Morgan fingerprint density at radius 3 is 2.67 bits per heavy atom. The van der Waals surface area contributed by atoms with Crippen LogP contribution in [0, 0.1) is 5.92 Å². The molecule has 0 aromatic carbocycles. The van der Waals surface area contributed by atoms with Gasteiger partial charge in [-0.25, -0.2) is 0 Å². The smallest absolute Gasteiger partial charge is 0.396 e. The molecule has 1 fully saturated rings. The van der Waals surface area contributed by atoms with Crippen LogP contribution in [0.25, 0.3) is 0 Å². The second-order valence-electron chi connectivity index (χ2n) is 5.41. The first-order valence-corrected chi connectivity index (χ1v) is 7.45. The molecule has 1 saturated heterocycles. The van der Waals surface area contributed by atoms with Gasteiger partial charge in [0, 0.05) is 37.8 Å². The number of rotatable bonds is 4. The number of hydrogen-bond donors (Lipinski definition) is 1. The summed E-state index contributed by atoms with van der Waals surface area (Å²) in [6, 6.07) is 0. The second-order valence-corrected chi connectivity index (χ2v) is 5.85. The lowest BCUT2D eigenvalue weighted by molar-refractivity contribution is -0.162. The molecule has 21 heavy (non-hydrogen) atoms. The highest BCUT2D eigenvalue weighted by Crippen LogP contribution is 2.42. The third-order valence-electron chi connectivity index (χ3n) is 3.80. The number of halogens is 4. The van der Waals surface area contributed by atoms with E-state index in [1.165, 1.54) is 6.08 Å². The molecule has 0 saturated carbocycles. The molecule has 120 valence electrons. The van der Waals surface area contributed by atoms with E-state index in [-0.39, 0.29) is 11.5 Å². The van der Waals surface area contributed by atoms with Crippen molar-refractivity contribution in [2.45, 2.75) is 19.5 Å². The van der Waals surface area contributed by atoms with E-state index in [0.29, 0.717) is 17.9 Å². The summed E-state index contributed by atoms with van der Waals surface area (Å²) in [4.78, 5) is 2.26. The Hall–Kier alpha value is -0.720. The summed E-state index contributed by atoms with van der Waals surface area (Å²) in [6.07, 6.45) is -3.11. The molecule has 2 rings (SSSR count). The van der Waals surface area contributed by atoms with Gasteiger partial charge in [-0.3, -0.25) is 4.90 Å². The van der Waals surface area contributed by atoms with Crippen LogP contribution in [-0.4, -0.2) is 50.4 Å². The molecular formula is C14H20ClF3N2O. The molecule has 2 aliphatic rings. The van der Waals surface area contributed by atoms with E-state index in [0.717, 1.165) is 32.7 Å². The van der Waals surface area contributed by atoms with Crippen LogP contribution in [0.4, 0.5) is 13.2 Å². The van der Waals surface area contributed by atoms with Gasteiger partial charge >= 0.3 is 6.18 Å². The fourth-order valence-corrected chi connectivity index (χ4v) is 2.81. The monoisotopic (exact) mass is 324 g/mol. The largest absolute Gasteiger partial charge is 0.492 e. The molecule has 0 aromatic rings. The zero-order valence-corrected chi connectivity index (χ0v) is 12.7. The van der Waals surface area contributed by atoms with Crippen molar-refractivity contribution < 1.29 is 17.9 Å². The molecular weight excluding hydrogens is 305 g/mol. The Bertz CT molecular complexity index is 428. The maximum Gasteiger partial charge on any atom is 0.396 e. The van der Waals surface area contributed by atoms with Gasteiger partial charge < -0.3 is 10.1 Å². The van der Waals surface area contributed by atoms with E-state index < -0.39 is 12.1 Å². The first-order valence-electron chi connectivity index (χ1n) is 7.07. The van der Waals surface area contributed by atoms with Gasteiger partial charge in [-0.2, -0.15) is 13.2 Å². The zero-order chi connectivity index (χ0) is 15.5. The average molecular weight is 325 g/mol. The van der Waals surface area contributed by atoms with Crippen molar-refractivity contribution in [3.8, 4) is 0 Å². The van der Waals surface area contributed by atoms with Crippen LogP contribution in [0.15, 0.2) is 22.4 Å². The molecule has 1 aliphatic carbocycles. The number of hydrogen-bond acceptors (Lipinski definition) is 3. The highest BCUT2D eigenvalue weighted by molar-refractivity contribution is 6.30. The predicted octanol–water partition coefficient (Wildman–Crippen LogP) is 2.89. The molecule has 0 spiro atoms. The molecule has 0 aromatic heterocycles. The zero-order valence-electron chi connectivity index (χ0n) is 12.0. The Morgan fingerprint density at radius 2 is 2.05 bits per heavy atom. The fraction of sp³-hybridized carbons (Fsp3) is 0.714. The molecule has 3 nitrogen and oxygen atoms in total. The Morgan fingerprint density at radius 1 is 1.38 bits per heavy atom. The summed E-state index contributed by atoms with van der Waals surface area (Å²) in [5.74, 6) is -1.12. The van der Waals surface area contributed by atoms with E-state index in [9.17, 15) is 13.2 Å². The predicted molar refractivity (Wildman–Crippen MR) is 76.1 cm³/mol. The number of piperazine rings is 1. The number of nitrogens with one attached hydrogen (secondary N) is 1. The van der Waals surface area contributed by atoms with Crippen LogP contribution < -0.4 is 5.32 Å². The van der Waals surface area contributed by atoms with E-state index in [1.54, 1.807) is 6.92 Å². The van der Waals surface area contributed by atoms with Crippen molar-refractivity contribution in [1.82, 2.24) is 10.2 Å². The van der Waals surface area contributed by atoms with Crippen molar-refractivity contribution in [3.05, 3.63) is 22.4 Å². The molecule has 1 N–H and O–H groups in total. The van der Waals surface area contributed by atoms with Crippen molar-refractivity contribution in [3.63, 3.8) is 0 Å². The van der Waals surface area contributed by atoms with Crippen molar-refractivity contribution >= 4 is 11.6 Å². The SMILES string of the molecule is CC1=C(OCCN2CCNCC2)C=C(Cl)C(C(F)(F)F)C1. The van der Waals surface area contributed by atoms with Gasteiger partial charge in [0.1, 0.15) is 12.4 Å². The molecule has 7 heteroatoms. The van der Waals surface area contributed by atoms with Gasteiger partial charge in [0.05, 0.1) is 5.92 Å². The highest BCUT2D eigenvalue weighted by atomic mass is 35.5. The first kappa shape index (κ1) is 16.6. The first-order chi connectivity index (χ1) is 9.88. The lowest BCUT2D eigenvalue weighted by Gasteiger charge is -2.28. The van der Waals surface area contributed by atoms with Crippen molar-refractivity contribution in [2.75, 3.05) is 39.3 Å². The number of nitrogens with zero attached hydrogens (tertiary/aromatic N) is 1. The standard InChI is InChI=1S/C14H20ClF3N2O/c1-10-8-11(14(16,17)18)12(15)9-13(10)21-7-6-20-4-2-19-3-5-20/h9,11,19H,2-8H2,1H3. The topological polar surface area (TPSA) is 24.5 Å². The number of alkyl halides is 3. The molecule has 0 bridgehead atoms. The van der Waals surface area contributed by atoms with Crippen LogP contribution >= 0.6 is 11.6 Å². The molecule has 1 atom stereocenters. The quantitative estimate of drug-likeness (QED) is 0.860. The second kappa shape index (κ2) is 7.03. The summed E-state index contributed by atoms with van der Waals surface area (Å²) < 4.78 is 44.0. The summed E-state index contributed by atoms with van der Waals surface area (Å²) in [6.45, 7) is 6.75. The van der Waals surface area contributed by atoms with Crippen LogP contribution in [0.2, 0.25) is 0 Å². The van der Waals surface area contributed by atoms with Gasteiger partial charge in [-0.1, -0.05) is 11.6 Å². The minimum Gasteiger partial charge on any atom is -0.492 e. The molecule has 0 radical (unpaired) electrons. The summed E-state index contributed by atoms with van der Waals surface area (Å²) in [5.41, 5.74) is 0.599. The van der Waals surface area contributed by atoms with Gasteiger partial charge in [0.2, 0.25) is 0 Å². The minimum absolute atomic E-state index is 0.123. The van der Waals surface area contributed by atoms with Crippen molar-refractivity contribution in [2.24, 2.45) is 5.92 Å². The molecule has 1 heterocycles. The summed E-state index contributed by atoms with van der Waals surface area (Å²) in [7, 11) is 0. The van der Waals surface area contributed by atoms with Gasteiger partial charge in [0.25, 0.3) is 0 Å². The normalized spacial score (nSPS) is 25.0. The Labute approximate surface area is 127 Å². The summed E-state index contributed by atoms with van der Waals surface area (Å²) in [5, 5.41) is 3.07. The lowest BCUT2D eigenvalue weighted by Crippen LogP contribution is -2.44. The van der Waals surface area contributed by atoms with Crippen LogP contribution in [0.1, 0.15) is 13.3 Å². The molecule has 0 amide bonds. The lowest BCUT2D eigenvalue weighted by atomic mass is 9.93. The van der Waals surface area contributed by atoms with Gasteiger partial charge in [-0.15, -0.1) is 0 Å². The fourth-order valence-electron chi connectivity index (χ4n) is 2.51. The maximum absolute atomic E-state index is 12.8. The van der Waals surface area contributed by atoms with Crippen LogP contribution in [0.3, 0.4) is 0 Å². The molecule has 1 unspecified atom stereocenters. The number of allylic oxidation sites excluding steroid dienone is 3. The summed E-state index contributed by atoms with van der Waals surface area (Å²) >= 11 is 5.76. The Balaban J connectivity index is 1.86. The van der Waals surface area contributed by atoms with Gasteiger partial charge in [-0.05, 0) is 25.0 Å². The van der Waals surface area contributed by atoms with E-state index in [4.69, 9.17) is 16.3 Å². The minimum atomic E-state index is -4.30. The van der Waals surface area contributed by atoms with E-state index in [1.807, 2.05) is 0 Å². The third-order valence-corrected chi connectivity index (χ3v) is 4.18.